The Kier molecular flexibility index (Phi) is 6.95. The first kappa shape index (κ1) is 16.9. The molecule has 0 radical (unpaired) electrons. The van der Waals surface area contributed by atoms with E-state index in [1.165, 1.54) is 0 Å². The molecule has 1 rings (SSSR count). The molecule has 0 spiro atoms. The zero-order chi connectivity index (χ0) is 15.0. The Morgan fingerprint density at radius 3 is 2.45 bits per heavy atom. The average molecular weight is 287 g/mol. The van der Waals surface area contributed by atoms with Crippen LogP contribution in [0.2, 0.25) is 0 Å². The fourth-order valence-corrected chi connectivity index (χ4v) is 2.39. The number of carbonyl (C=O) groups excluding carboxylic acids is 1. The van der Waals surface area contributed by atoms with Crippen LogP contribution >= 0.6 is 0 Å². The van der Waals surface area contributed by atoms with Crippen LogP contribution in [0.5, 0.6) is 0 Å². The standard InChI is InChI=1S/C14H25NO5/c1-11-3-6-14(7-4-11,13(17)18)15-12(16)5-8-20-10-9-19-2/h11H,3-10H2,1-2H3,(H,15,16)(H,17,18). The van der Waals surface area contributed by atoms with Gasteiger partial charge in [0.15, 0.2) is 0 Å². The van der Waals surface area contributed by atoms with Crippen LogP contribution < -0.4 is 5.32 Å². The summed E-state index contributed by atoms with van der Waals surface area (Å²) in [6, 6.07) is 0. The zero-order valence-electron chi connectivity index (χ0n) is 12.3. The van der Waals surface area contributed by atoms with Crippen LogP contribution in [0.4, 0.5) is 0 Å². The number of carboxylic acids is 1. The van der Waals surface area contributed by atoms with Crippen molar-refractivity contribution in [2.75, 3.05) is 26.9 Å². The molecule has 116 valence electrons. The maximum absolute atomic E-state index is 11.8. The van der Waals surface area contributed by atoms with E-state index in [0.29, 0.717) is 32.0 Å². The summed E-state index contributed by atoms with van der Waals surface area (Å²) in [5.74, 6) is -0.672. The van der Waals surface area contributed by atoms with E-state index in [0.717, 1.165) is 12.8 Å². The highest BCUT2D eigenvalue weighted by molar-refractivity contribution is 5.87. The number of rotatable bonds is 8. The summed E-state index contributed by atoms with van der Waals surface area (Å²) in [5.41, 5.74) is -1.09. The molecule has 1 fully saturated rings. The van der Waals surface area contributed by atoms with E-state index in [9.17, 15) is 14.7 Å². The zero-order valence-corrected chi connectivity index (χ0v) is 12.3. The molecule has 20 heavy (non-hydrogen) atoms. The van der Waals surface area contributed by atoms with E-state index in [1.54, 1.807) is 7.11 Å². The quantitative estimate of drug-likeness (QED) is 0.655. The van der Waals surface area contributed by atoms with Crippen molar-refractivity contribution in [2.45, 2.75) is 44.6 Å². The predicted octanol–water partition coefficient (Wildman–Crippen LogP) is 1.19. The van der Waals surface area contributed by atoms with E-state index in [1.807, 2.05) is 0 Å². The number of amides is 1. The van der Waals surface area contributed by atoms with Gasteiger partial charge in [-0.15, -0.1) is 0 Å². The SMILES string of the molecule is COCCOCCC(=O)NC1(C(=O)O)CCC(C)CC1. The second kappa shape index (κ2) is 8.21. The number of ether oxygens (including phenoxy) is 2. The highest BCUT2D eigenvalue weighted by Crippen LogP contribution is 2.32. The molecule has 0 aromatic heterocycles. The number of carboxylic acid groups (broad SMARTS) is 1. The third-order valence-electron chi connectivity index (χ3n) is 3.82. The molecule has 0 aromatic carbocycles. The van der Waals surface area contributed by atoms with Gasteiger partial charge in [-0.1, -0.05) is 6.92 Å². The molecule has 1 aliphatic rings. The number of nitrogens with one attached hydrogen (secondary N) is 1. The van der Waals surface area contributed by atoms with Gasteiger partial charge in [0.25, 0.3) is 0 Å². The lowest BCUT2D eigenvalue weighted by Gasteiger charge is -2.36. The minimum Gasteiger partial charge on any atom is -0.480 e. The molecule has 0 bridgehead atoms. The molecule has 0 unspecified atom stereocenters. The Balaban J connectivity index is 2.38. The lowest BCUT2D eigenvalue weighted by Crippen LogP contribution is -2.56. The Morgan fingerprint density at radius 2 is 1.90 bits per heavy atom. The molecule has 0 aromatic rings. The Bertz CT molecular complexity index is 324. The van der Waals surface area contributed by atoms with Crippen LogP contribution in [0, 0.1) is 5.92 Å². The normalized spacial score (nSPS) is 26.2. The van der Waals surface area contributed by atoms with Gasteiger partial charge in [0, 0.05) is 13.5 Å². The molecule has 0 saturated heterocycles. The molecule has 0 atom stereocenters. The minimum absolute atomic E-state index is 0.175. The van der Waals surface area contributed by atoms with Gasteiger partial charge in [0.05, 0.1) is 19.8 Å². The van der Waals surface area contributed by atoms with Crippen LogP contribution in [0.15, 0.2) is 0 Å². The molecule has 1 saturated carbocycles. The molecule has 0 heterocycles. The van der Waals surface area contributed by atoms with Gasteiger partial charge in [0.2, 0.25) is 5.91 Å². The van der Waals surface area contributed by atoms with E-state index in [4.69, 9.17) is 9.47 Å². The molecule has 2 N–H and O–H groups in total. The van der Waals surface area contributed by atoms with E-state index >= 15 is 0 Å². The smallest absolute Gasteiger partial charge is 0.329 e. The minimum atomic E-state index is -1.09. The highest BCUT2D eigenvalue weighted by atomic mass is 16.5. The van der Waals surface area contributed by atoms with Crippen LogP contribution in [0.25, 0.3) is 0 Å². The van der Waals surface area contributed by atoms with Crippen molar-refractivity contribution >= 4 is 11.9 Å². The van der Waals surface area contributed by atoms with Crippen molar-refractivity contribution in [3.63, 3.8) is 0 Å². The number of hydrogen-bond acceptors (Lipinski definition) is 4. The van der Waals surface area contributed by atoms with Crippen molar-refractivity contribution in [3.8, 4) is 0 Å². The van der Waals surface area contributed by atoms with Crippen LogP contribution in [-0.2, 0) is 19.1 Å². The van der Waals surface area contributed by atoms with E-state index in [-0.39, 0.29) is 18.9 Å². The van der Waals surface area contributed by atoms with Gasteiger partial charge < -0.3 is 19.9 Å². The second-order valence-corrected chi connectivity index (χ2v) is 5.47. The van der Waals surface area contributed by atoms with E-state index in [2.05, 4.69) is 12.2 Å². The third-order valence-corrected chi connectivity index (χ3v) is 3.82. The summed E-state index contributed by atoms with van der Waals surface area (Å²) in [7, 11) is 1.58. The Morgan fingerprint density at radius 1 is 1.25 bits per heavy atom. The summed E-state index contributed by atoms with van der Waals surface area (Å²) < 4.78 is 10.0. The lowest BCUT2D eigenvalue weighted by atomic mass is 9.77. The van der Waals surface area contributed by atoms with Gasteiger partial charge in [-0.25, -0.2) is 4.79 Å². The van der Waals surface area contributed by atoms with Crippen molar-refractivity contribution in [1.29, 1.82) is 0 Å². The molecule has 6 heteroatoms. The number of hydrogen-bond donors (Lipinski definition) is 2. The van der Waals surface area contributed by atoms with Gasteiger partial charge >= 0.3 is 5.97 Å². The Labute approximate surface area is 119 Å². The first-order valence-electron chi connectivity index (χ1n) is 7.11. The monoisotopic (exact) mass is 287 g/mol. The third kappa shape index (κ3) is 5.09. The van der Waals surface area contributed by atoms with Crippen LogP contribution in [0.1, 0.15) is 39.0 Å². The van der Waals surface area contributed by atoms with Gasteiger partial charge in [-0.3, -0.25) is 4.79 Å². The van der Waals surface area contributed by atoms with Crippen molar-refractivity contribution < 1.29 is 24.2 Å². The highest BCUT2D eigenvalue weighted by Gasteiger charge is 2.42. The molecule has 1 aliphatic carbocycles. The second-order valence-electron chi connectivity index (χ2n) is 5.47. The topological polar surface area (TPSA) is 84.9 Å². The van der Waals surface area contributed by atoms with Crippen LogP contribution in [0.3, 0.4) is 0 Å². The summed E-state index contributed by atoms with van der Waals surface area (Å²) >= 11 is 0. The molecular formula is C14H25NO5. The molecule has 0 aliphatic heterocycles. The number of aliphatic carboxylic acids is 1. The van der Waals surface area contributed by atoms with Crippen molar-refractivity contribution in [2.24, 2.45) is 5.92 Å². The first-order chi connectivity index (χ1) is 9.50. The van der Waals surface area contributed by atoms with Crippen molar-refractivity contribution in [1.82, 2.24) is 5.32 Å². The summed E-state index contributed by atoms with van der Waals surface area (Å²) in [6.45, 7) is 3.31. The van der Waals surface area contributed by atoms with Gasteiger partial charge in [-0.2, -0.15) is 0 Å². The molecule has 1 amide bonds. The predicted molar refractivity (Wildman–Crippen MR) is 73.5 cm³/mol. The number of carbonyl (C=O) groups is 2. The largest absolute Gasteiger partial charge is 0.480 e. The maximum atomic E-state index is 11.8. The van der Waals surface area contributed by atoms with Gasteiger partial charge in [0.1, 0.15) is 5.54 Å². The van der Waals surface area contributed by atoms with Gasteiger partial charge in [-0.05, 0) is 31.6 Å². The Hall–Kier alpha value is -1.14. The summed E-state index contributed by atoms with van der Waals surface area (Å²) in [4.78, 5) is 23.3. The van der Waals surface area contributed by atoms with E-state index < -0.39 is 11.5 Å². The fraction of sp³-hybridized carbons (Fsp3) is 0.857. The molecular weight excluding hydrogens is 262 g/mol. The number of methoxy groups -OCH3 is 1. The summed E-state index contributed by atoms with van der Waals surface area (Å²) in [6.07, 6.45) is 2.83. The summed E-state index contributed by atoms with van der Waals surface area (Å²) in [5, 5.41) is 12.1. The first-order valence-corrected chi connectivity index (χ1v) is 7.11. The average Bonchev–Trinajstić information content (AvgIpc) is 2.41. The lowest BCUT2D eigenvalue weighted by molar-refractivity contribution is -0.149. The van der Waals surface area contributed by atoms with Crippen molar-refractivity contribution in [3.05, 3.63) is 0 Å². The fourth-order valence-electron chi connectivity index (χ4n) is 2.39. The van der Waals surface area contributed by atoms with Crippen LogP contribution in [-0.4, -0.2) is 49.5 Å². The molecule has 6 nitrogen and oxygen atoms in total. The maximum Gasteiger partial charge on any atom is 0.329 e.